The molecule has 18 heavy (non-hydrogen) atoms. The summed E-state index contributed by atoms with van der Waals surface area (Å²) in [6.07, 6.45) is 1.10. The van der Waals surface area contributed by atoms with Gasteiger partial charge in [0.05, 0.1) is 6.04 Å². The quantitative estimate of drug-likeness (QED) is 0.778. The van der Waals surface area contributed by atoms with E-state index in [1.54, 1.807) is 0 Å². The normalized spacial score (nSPS) is 17.4. The topological polar surface area (TPSA) is 12.0 Å². The third-order valence-electron chi connectivity index (χ3n) is 4.04. The Morgan fingerprint density at radius 3 is 2.50 bits per heavy atom. The first-order valence-corrected chi connectivity index (χ1v) is 6.57. The lowest BCUT2D eigenvalue weighted by Gasteiger charge is -2.14. The van der Waals surface area contributed by atoms with E-state index in [9.17, 15) is 0 Å². The van der Waals surface area contributed by atoms with Crippen LogP contribution in [0.3, 0.4) is 0 Å². The van der Waals surface area contributed by atoms with E-state index in [1.807, 2.05) is 0 Å². The molecular formula is C17H19N. The Labute approximate surface area is 109 Å². The van der Waals surface area contributed by atoms with Gasteiger partial charge in [0.2, 0.25) is 0 Å². The summed E-state index contributed by atoms with van der Waals surface area (Å²) in [6, 6.07) is 13.8. The summed E-state index contributed by atoms with van der Waals surface area (Å²) in [6.45, 7) is 6.53. The second kappa shape index (κ2) is 4.16. The second-order valence-electron chi connectivity index (χ2n) is 5.35. The van der Waals surface area contributed by atoms with Gasteiger partial charge in [0.15, 0.2) is 0 Å². The average molecular weight is 237 g/mol. The third kappa shape index (κ3) is 1.80. The maximum atomic E-state index is 3.67. The molecule has 0 saturated heterocycles. The molecule has 0 aromatic heterocycles. The maximum Gasteiger partial charge on any atom is 0.0555 e. The molecule has 3 rings (SSSR count). The Kier molecular flexibility index (Phi) is 2.62. The van der Waals surface area contributed by atoms with E-state index in [0.717, 1.165) is 6.42 Å². The molecule has 92 valence electrons. The van der Waals surface area contributed by atoms with Gasteiger partial charge in [-0.15, -0.1) is 0 Å². The van der Waals surface area contributed by atoms with Crippen LogP contribution in [0, 0.1) is 20.8 Å². The van der Waals surface area contributed by atoms with Gasteiger partial charge in [-0.25, -0.2) is 0 Å². The summed E-state index contributed by atoms with van der Waals surface area (Å²) in [5, 5.41) is 3.67. The number of hydrogen-bond donors (Lipinski definition) is 1. The first-order valence-electron chi connectivity index (χ1n) is 6.57. The van der Waals surface area contributed by atoms with Crippen LogP contribution in [0.5, 0.6) is 0 Å². The van der Waals surface area contributed by atoms with Gasteiger partial charge in [0.1, 0.15) is 0 Å². The monoisotopic (exact) mass is 237 g/mol. The minimum atomic E-state index is 0.431. The molecule has 1 aliphatic heterocycles. The number of nitrogens with one attached hydrogen (secondary N) is 1. The van der Waals surface area contributed by atoms with Crippen molar-refractivity contribution in [3.05, 3.63) is 64.2 Å². The molecule has 1 nitrogen and oxygen atoms in total. The maximum absolute atomic E-state index is 3.67. The molecule has 0 fully saturated rings. The van der Waals surface area contributed by atoms with Gasteiger partial charge in [0, 0.05) is 5.69 Å². The van der Waals surface area contributed by atoms with Crippen LogP contribution in [-0.4, -0.2) is 0 Å². The first kappa shape index (κ1) is 11.3. The van der Waals surface area contributed by atoms with E-state index in [-0.39, 0.29) is 0 Å². The molecule has 1 unspecified atom stereocenters. The zero-order valence-electron chi connectivity index (χ0n) is 11.2. The minimum Gasteiger partial charge on any atom is -0.377 e. The number of fused-ring (bicyclic) bond motifs is 1. The summed E-state index contributed by atoms with van der Waals surface area (Å²) in [5.41, 5.74) is 8.26. The number of para-hydroxylation sites is 1. The number of hydrogen-bond acceptors (Lipinski definition) is 1. The highest BCUT2D eigenvalue weighted by molar-refractivity contribution is 5.63. The predicted molar refractivity (Wildman–Crippen MR) is 77.2 cm³/mol. The smallest absolute Gasteiger partial charge is 0.0555 e. The largest absolute Gasteiger partial charge is 0.377 e. The molecule has 2 aromatic carbocycles. The van der Waals surface area contributed by atoms with Crippen LogP contribution in [0.25, 0.3) is 0 Å². The van der Waals surface area contributed by atoms with E-state index in [1.165, 1.54) is 33.5 Å². The number of benzene rings is 2. The molecule has 1 heterocycles. The van der Waals surface area contributed by atoms with E-state index in [2.05, 4.69) is 62.5 Å². The van der Waals surface area contributed by atoms with E-state index in [4.69, 9.17) is 0 Å². The highest BCUT2D eigenvalue weighted by atomic mass is 15.0. The van der Waals surface area contributed by atoms with Crippen LogP contribution in [0.15, 0.2) is 36.4 Å². The van der Waals surface area contributed by atoms with E-state index < -0.39 is 0 Å². The van der Waals surface area contributed by atoms with Crippen LogP contribution in [0.4, 0.5) is 5.69 Å². The zero-order chi connectivity index (χ0) is 12.7. The summed E-state index contributed by atoms with van der Waals surface area (Å²) < 4.78 is 0. The fraction of sp³-hybridized carbons (Fsp3) is 0.294. The average Bonchev–Trinajstić information content (AvgIpc) is 2.78. The van der Waals surface area contributed by atoms with Gasteiger partial charge < -0.3 is 5.32 Å². The van der Waals surface area contributed by atoms with Crippen molar-refractivity contribution in [1.29, 1.82) is 0 Å². The molecule has 0 radical (unpaired) electrons. The van der Waals surface area contributed by atoms with Crippen LogP contribution < -0.4 is 5.32 Å². The second-order valence-corrected chi connectivity index (χ2v) is 5.35. The van der Waals surface area contributed by atoms with Crippen molar-refractivity contribution in [2.45, 2.75) is 33.2 Å². The SMILES string of the molecule is Cc1ccc(C2Cc3cccc(C)c3N2)cc1C. The Morgan fingerprint density at radius 1 is 0.944 bits per heavy atom. The van der Waals surface area contributed by atoms with Gasteiger partial charge in [-0.05, 0) is 55.0 Å². The number of aryl methyl sites for hydroxylation is 3. The Morgan fingerprint density at radius 2 is 1.78 bits per heavy atom. The third-order valence-corrected chi connectivity index (χ3v) is 4.04. The summed E-state index contributed by atoms with van der Waals surface area (Å²) in [5.74, 6) is 0. The molecule has 0 spiro atoms. The van der Waals surface area contributed by atoms with Gasteiger partial charge in [-0.1, -0.05) is 36.4 Å². The molecule has 0 amide bonds. The molecule has 0 aliphatic carbocycles. The standard InChI is InChI=1S/C17H19N/c1-11-7-8-14(9-13(11)3)16-10-15-6-4-5-12(2)17(15)18-16/h4-9,16,18H,10H2,1-3H3. The fourth-order valence-electron chi connectivity index (χ4n) is 2.73. The van der Waals surface area contributed by atoms with E-state index in [0.29, 0.717) is 6.04 Å². The first-order chi connectivity index (χ1) is 8.65. The molecule has 1 aliphatic rings. The Hall–Kier alpha value is -1.76. The minimum absolute atomic E-state index is 0.431. The van der Waals surface area contributed by atoms with Gasteiger partial charge in [-0.3, -0.25) is 0 Å². The van der Waals surface area contributed by atoms with Gasteiger partial charge in [-0.2, -0.15) is 0 Å². The van der Waals surface area contributed by atoms with Crippen molar-refractivity contribution in [1.82, 2.24) is 0 Å². The lowest BCUT2D eigenvalue weighted by Crippen LogP contribution is -2.06. The van der Waals surface area contributed by atoms with Crippen molar-refractivity contribution in [2.24, 2.45) is 0 Å². The predicted octanol–water partition coefficient (Wildman–Crippen LogP) is 4.32. The molecule has 2 aromatic rings. The Balaban J connectivity index is 1.94. The van der Waals surface area contributed by atoms with Crippen LogP contribution in [0.1, 0.15) is 33.9 Å². The zero-order valence-corrected chi connectivity index (χ0v) is 11.2. The van der Waals surface area contributed by atoms with Crippen molar-refractivity contribution in [3.63, 3.8) is 0 Å². The summed E-state index contributed by atoms with van der Waals surface area (Å²) in [7, 11) is 0. The van der Waals surface area contributed by atoms with E-state index >= 15 is 0 Å². The fourth-order valence-corrected chi connectivity index (χ4v) is 2.73. The van der Waals surface area contributed by atoms with Gasteiger partial charge >= 0.3 is 0 Å². The lowest BCUT2D eigenvalue weighted by atomic mass is 9.99. The van der Waals surface area contributed by atoms with Crippen molar-refractivity contribution in [3.8, 4) is 0 Å². The highest BCUT2D eigenvalue weighted by Crippen LogP contribution is 2.36. The highest BCUT2D eigenvalue weighted by Gasteiger charge is 2.22. The molecular weight excluding hydrogens is 218 g/mol. The molecule has 0 bridgehead atoms. The molecule has 1 atom stereocenters. The van der Waals surface area contributed by atoms with Gasteiger partial charge in [0.25, 0.3) is 0 Å². The number of anilines is 1. The molecule has 0 saturated carbocycles. The Bertz CT molecular complexity index is 599. The summed E-state index contributed by atoms with van der Waals surface area (Å²) in [4.78, 5) is 0. The van der Waals surface area contributed by atoms with Crippen molar-refractivity contribution >= 4 is 5.69 Å². The van der Waals surface area contributed by atoms with Crippen LogP contribution in [-0.2, 0) is 6.42 Å². The summed E-state index contributed by atoms with van der Waals surface area (Å²) >= 11 is 0. The molecule has 1 N–H and O–H groups in total. The van der Waals surface area contributed by atoms with Crippen molar-refractivity contribution < 1.29 is 0 Å². The lowest BCUT2D eigenvalue weighted by molar-refractivity contribution is 0.822. The molecule has 1 heteroatoms. The van der Waals surface area contributed by atoms with Crippen LogP contribution >= 0.6 is 0 Å². The van der Waals surface area contributed by atoms with Crippen molar-refractivity contribution in [2.75, 3.05) is 5.32 Å². The number of rotatable bonds is 1. The van der Waals surface area contributed by atoms with Crippen LogP contribution in [0.2, 0.25) is 0 Å².